The van der Waals surface area contributed by atoms with Gasteiger partial charge in [0.05, 0.1) is 34.8 Å². The Balaban J connectivity index is 2.05. The number of hydrogen-bond acceptors (Lipinski definition) is 4. The van der Waals surface area contributed by atoms with Crippen molar-refractivity contribution in [1.82, 2.24) is 9.97 Å². The first-order valence-corrected chi connectivity index (χ1v) is 8.52. The third-order valence-electron chi connectivity index (χ3n) is 3.62. The number of allylic oxidation sites excluding steroid dienone is 1. The van der Waals surface area contributed by atoms with Crippen LogP contribution in [-0.4, -0.2) is 23.7 Å². The van der Waals surface area contributed by atoms with E-state index >= 15 is 0 Å². The van der Waals surface area contributed by atoms with Crippen molar-refractivity contribution in [2.45, 2.75) is 6.92 Å². The highest BCUT2D eigenvalue weighted by molar-refractivity contribution is 9.10. The zero-order valence-corrected chi connectivity index (χ0v) is 15.4. The number of ether oxygens (including phenoxy) is 2. The van der Waals surface area contributed by atoms with Crippen molar-refractivity contribution in [3.63, 3.8) is 0 Å². The van der Waals surface area contributed by atoms with E-state index in [2.05, 4.69) is 32.0 Å². The van der Waals surface area contributed by atoms with Crippen molar-refractivity contribution in [1.29, 1.82) is 5.26 Å². The minimum Gasteiger partial charge on any atom is -0.493 e. The molecular formula is C19H16BrN3O2. The highest BCUT2D eigenvalue weighted by Crippen LogP contribution is 2.37. The van der Waals surface area contributed by atoms with E-state index in [1.165, 1.54) is 0 Å². The molecule has 1 aromatic heterocycles. The van der Waals surface area contributed by atoms with Crippen LogP contribution >= 0.6 is 15.9 Å². The zero-order chi connectivity index (χ0) is 17.8. The lowest BCUT2D eigenvalue weighted by Crippen LogP contribution is -1.97. The number of rotatable bonds is 5. The first kappa shape index (κ1) is 17.1. The fourth-order valence-electron chi connectivity index (χ4n) is 2.51. The molecule has 0 aliphatic rings. The van der Waals surface area contributed by atoms with Gasteiger partial charge in [-0.05, 0) is 58.8 Å². The van der Waals surface area contributed by atoms with Gasteiger partial charge in [-0.15, -0.1) is 0 Å². The van der Waals surface area contributed by atoms with Crippen molar-refractivity contribution in [3.05, 3.63) is 52.3 Å². The van der Waals surface area contributed by atoms with Crippen molar-refractivity contribution in [2.24, 2.45) is 0 Å². The second-order valence-electron chi connectivity index (χ2n) is 5.24. The zero-order valence-electron chi connectivity index (χ0n) is 13.8. The molecule has 0 atom stereocenters. The van der Waals surface area contributed by atoms with Gasteiger partial charge in [0.25, 0.3) is 0 Å². The molecule has 0 radical (unpaired) electrons. The Labute approximate surface area is 154 Å². The lowest BCUT2D eigenvalue weighted by atomic mass is 10.1. The Morgan fingerprint density at radius 1 is 1.36 bits per heavy atom. The molecule has 0 bridgehead atoms. The average molecular weight is 398 g/mol. The lowest BCUT2D eigenvalue weighted by Gasteiger charge is -2.12. The summed E-state index contributed by atoms with van der Waals surface area (Å²) in [5.74, 6) is 1.78. The van der Waals surface area contributed by atoms with Gasteiger partial charge in [0.2, 0.25) is 0 Å². The lowest BCUT2D eigenvalue weighted by molar-refractivity contribution is 0.309. The van der Waals surface area contributed by atoms with Gasteiger partial charge in [-0.1, -0.05) is 12.1 Å². The molecule has 1 N–H and O–H groups in total. The number of aromatic nitrogens is 2. The van der Waals surface area contributed by atoms with Crippen LogP contribution in [0.25, 0.3) is 22.7 Å². The summed E-state index contributed by atoms with van der Waals surface area (Å²) in [5.41, 5.74) is 2.96. The number of methoxy groups -OCH3 is 1. The van der Waals surface area contributed by atoms with Gasteiger partial charge in [0.15, 0.2) is 11.5 Å². The second-order valence-corrected chi connectivity index (χ2v) is 6.09. The molecule has 0 unspecified atom stereocenters. The Morgan fingerprint density at radius 2 is 2.16 bits per heavy atom. The van der Waals surface area contributed by atoms with Crippen LogP contribution in [0.3, 0.4) is 0 Å². The van der Waals surface area contributed by atoms with Crippen LogP contribution < -0.4 is 9.47 Å². The molecule has 6 heteroatoms. The van der Waals surface area contributed by atoms with Gasteiger partial charge < -0.3 is 14.5 Å². The van der Waals surface area contributed by atoms with Crippen molar-refractivity contribution < 1.29 is 9.47 Å². The van der Waals surface area contributed by atoms with E-state index in [0.29, 0.717) is 29.5 Å². The summed E-state index contributed by atoms with van der Waals surface area (Å²) in [6, 6.07) is 13.6. The molecule has 0 saturated carbocycles. The van der Waals surface area contributed by atoms with Crippen LogP contribution in [0.1, 0.15) is 18.3 Å². The number of para-hydroxylation sites is 2. The summed E-state index contributed by atoms with van der Waals surface area (Å²) >= 11 is 3.50. The van der Waals surface area contributed by atoms with Crippen molar-refractivity contribution in [2.75, 3.05) is 13.7 Å². The van der Waals surface area contributed by atoms with E-state index in [0.717, 1.165) is 21.1 Å². The van der Waals surface area contributed by atoms with E-state index in [4.69, 9.17) is 9.47 Å². The van der Waals surface area contributed by atoms with Gasteiger partial charge in [0.1, 0.15) is 11.9 Å². The molecule has 3 rings (SSSR count). The van der Waals surface area contributed by atoms with Crippen molar-refractivity contribution in [3.8, 4) is 17.6 Å². The predicted molar refractivity (Wildman–Crippen MR) is 101 cm³/mol. The second kappa shape index (κ2) is 7.41. The number of aromatic amines is 1. The fraction of sp³-hybridized carbons (Fsp3) is 0.158. The summed E-state index contributed by atoms with van der Waals surface area (Å²) < 4.78 is 11.8. The van der Waals surface area contributed by atoms with Gasteiger partial charge in [0, 0.05) is 0 Å². The molecule has 25 heavy (non-hydrogen) atoms. The van der Waals surface area contributed by atoms with Crippen LogP contribution in [-0.2, 0) is 0 Å². The standard InChI is InChI=1S/C19H16BrN3O2/c1-3-25-18-14(20)9-12(10-17(18)24-2)8-13(11-21)19-22-15-6-4-5-7-16(15)23-19/h4-10H,3H2,1-2H3,(H,22,23)/b13-8+. The summed E-state index contributed by atoms with van der Waals surface area (Å²) in [6.45, 7) is 2.45. The van der Waals surface area contributed by atoms with E-state index < -0.39 is 0 Å². The van der Waals surface area contributed by atoms with E-state index in [1.54, 1.807) is 13.2 Å². The maximum absolute atomic E-state index is 9.55. The molecule has 0 fully saturated rings. The molecule has 0 spiro atoms. The molecule has 3 aromatic rings. The largest absolute Gasteiger partial charge is 0.493 e. The quantitative estimate of drug-likeness (QED) is 0.627. The highest BCUT2D eigenvalue weighted by Gasteiger charge is 2.12. The normalized spacial score (nSPS) is 11.4. The number of halogens is 1. The van der Waals surface area contributed by atoms with Gasteiger partial charge in [-0.25, -0.2) is 4.98 Å². The first-order chi connectivity index (χ1) is 12.2. The molecule has 0 aliphatic heterocycles. The minimum atomic E-state index is 0.439. The highest BCUT2D eigenvalue weighted by atomic mass is 79.9. The summed E-state index contributed by atoms with van der Waals surface area (Å²) in [4.78, 5) is 7.65. The predicted octanol–water partition coefficient (Wildman–Crippen LogP) is 4.80. The van der Waals surface area contributed by atoms with Gasteiger partial charge in [-0.2, -0.15) is 5.26 Å². The molecule has 0 saturated heterocycles. The molecule has 2 aromatic carbocycles. The number of imidazole rings is 1. The fourth-order valence-corrected chi connectivity index (χ4v) is 3.08. The van der Waals surface area contributed by atoms with Gasteiger partial charge >= 0.3 is 0 Å². The Kier molecular flexibility index (Phi) is 5.05. The van der Waals surface area contributed by atoms with Crippen LogP contribution in [0, 0.1) is 11.3 Å². The molecule has 126 valence electrons. The molecule has 0 aliphatic carbocycles. The topological polar surface area (TPSA) is 70.9 Å². The number of fused-ring (bicyclic) bond motifs is 1. The Bertz CT molecular complexity index is 953. The monoisotopic (exact) mass is 397 g/mol. The Hall–Kier alpha value is -2.78. The summed E-state index contributed by atoms with van der Waals surface area (Å²) in [5, 5.41) is 9.55. The SMILES string of the molecule is CCOc1c(Br)cc(/C=C(\C#N)c2nc3ccccc3[nH]2)cc1OC. The molecular weight excluding hydrogens is 382 g/mol. The number of nitriles is 1. The number of hydrogen-bond donors (Lipinski definition) is 1. The van der Waals surface area contributed by atoms with Crippen LogP contribution in [0.5, 0.6) is 11.5 Å². The molecule has 5 nitrogen and oxygen atoms in total. The van der Waals surface area contributed by atoms with Crippen molar-refractivity contribution >= 4 is 38.6 Å². The first-order valence-electron chi connectivity index (χ1n) is 7.73. The van der Waals surface area contributed by atoms with E-state index in [9.17, 15) is 5.26 Å². The summed E-state index contributed by atoms with van der Waals surface area (Å²) in [6.07, 6.45) is 1.76. The minimum absolute atomic E-state index is 0.439. The van der Waals surface area contributed by atoms with E-state index in [1.807, 2.05) is 43.3 Å². The summed E-state index contributed by atoms with van der Waals surface area (Å²) in [7, 11) is 1.59. The number of nitrogens with one attached hydrogen (secondary N) is 1. The maximum Gasteiger partial charge on any atom is 0.175 e. The number of H-pyrrole nitrogens is 1. The third kappa shape index (κ3) is 3.52. The number of benzene rings is 2. The van der Waals surface area contributed by atoms with Crippen LogP contribution in [0.4, 0.5) is 0 Å². The van der Waals surface area contributed by atoms with Crippen LogP contribution in [0.2, 0.25) is 0 Å². The van der Waals surface area contributed by atoms with Gasteiger partial charge in [-0.3, -0.25) is 0 Å². The van der Waals surface area contributed by atoms with E-state index in [-0.39, 0.29) is 0 Å². The van der Waals surface area contributed by atoms with Crippen LogP contribution in [0.15, 0.2) is 40.9 Å². The molecule has 0 amide bonds. The average Bonchev–Trinajstić information content (AvgIpc) is 3.05. The maximum atomic E-state index is 9.55. The Morgan fingerprint density at radius 3 is 2.84 bits per heavy atom. The third-order valence-corrected chi connectivity index (χ3v) is 4.21. The molecule has 1 heterocycles. The number of nitrogens with zero attached hydrogens (tertiary/aromatic N) is 2. The smallest absolute Gasteiger partial charge is 0.175 e.